The number of aromatic carboxylic acids is 1. The van der Waals surface area contributed by atoms with Gasteiger partial charge in [-0.3, -0.25) is 4.68 Å². The van der Waals surface area contributed by atoms with Gasteiger partial charge >= 0.3 is 12.1 Å². The van der Waals surface area contributed by atoms with Crippen molar-refractivity contribution in [2.75, 3.05) is 0 Å². The van der Waals surface area contributed by atoms with Crippen molar-refractivity contribution in [1.82, 2.24) is 9.78 Å². The van der Waals surface area contributed by atoms with Crippen LogP contribution in [0, 0.1) is 13.8 Å². The molecule has 4 nitrogen and oxygen atoms in total. The van der Waals surface area contributed by atoms with Crippen molar-refractivity contribution in [2.45, 2.75) is 46.2 Å². The first-order chi connectivity index (χ1) is 14.5. The molecule has 0 unspecified atom stereocenters. The zero-order chi connectivity index (χ0) is 23.2. The van der Waals surface area contributed by atoms with Crippen LogP contribution in [0.25, 0.3) is 11.1 Å². The maximum absolute atomic E-state index is 11.9. The summed E-state index contributed by atoms with van der Waals surface area (Å²) in [6.45, 7) is 5.90. The monoisotopic (exact) mass is 432 g/mol. The van der Waals surface area contributed by atoms with Gasteiger partial charge in [0.2, 0.25) is 0 Å². The fourth-order valence-corrected chi connectivity index (χ4v) is 3.08. The Labute approximate surface area is 180 Å². The number of halogens is 3. The summed E-state index contributed by atoms with van der Waals surface area (Å²) in [7, 11) is 1.90. The second kappa shape index (κ2) is 10.3. The van der Waals surface area contributed by atoms with Crippen LogP contribution in [0.3, 0.4) is 0 Å². The lowest BCUT2D eigenvalue weighted by atomic mass is 9.97. The van der Waals surface area contributed by atoms with Crippen molar-refractivity contribution in [3.05, 3.63) is 76.6 Å². The number of hydrogen-bond donors (Lipinski definition) is 1. The van der Waals surface area contributed by atoms with E-state index in [2.05, 4.69) is 12.0 Å². The number of carboxylic acid groups (broad SMARTS) is 1. The number of rotatable bonds is 5. The lowest BCUT2D eigenvalue weighted by Crippen LogP contribution is -2.03. The molecular formula is C24H27F3N2O2. The van der Waals surface area contributed by atoms with E-state index in [0.717, 1.165) is 59.3 Å². The van der Waals surface area contributed by atoms with Crippen LogP contribution in [-0.2, 0) is 19.6 Å². The number of aromatic nitrogens is 2. The number of aryl methyl sites for hydroxylation is 4. The van der Waals surface area contributed by atoms with E-state index in [1.54, 1.807) is 23.7 Å². The molecule has 2 aromatic carbocycles. The molecule has 0 atom stereocenters. The second-order valence-electron chi connectivity index (χ2n) is 7.47. The molecule has 0 amide bonds. The van der Waals surface area contributed by atoms with Gasteiger partial charge in [0.05, 0.1) is 16.8 Å². The number of hydrogen-bond acceptors (Lipinski definition) is 2. The number of unbranched alkanes of at least 4 members (excludes halogenated alkanes) is 1. The summed E-state index contributed by atoms with van der Waals surface area (Å²) in [4.78, 5) is 11.1. The average molecular weight is 432 g/mol. The van der Waals surface area contributed by atoms with Crippen LogP contribution in [0.2, 0.25) is 0 Å². The van der Waals surface area contributed by atoms with Gasteiger partial charge < -0.3 is 5.11 Å². The molecule has 0 radical (unpaired) electrons. The Morgan fingerprint density at radius 3 is 2.26 bits per heavy atom. The van der Waals surface area contributed by atoms with Crippen molar-refractivity contribution in [2.24, 2.45) is 7.05 Å². The Morgan fingerprint density at radius 2 is 1.71 bits per heavy atom. The number of carbonyl (C=O) groups is 1. The van der Waals surface area contributed by atoms with Gasteiger partial charge in [0, 0.05) is 18.8 Å². The lowest BCUT2D eigenvalue weighted by Gasteiger charge is -2.07. The predicted octanol–water partition coefficient (Wildman–Crippen LogP) is 6.45. The summed E-state index contributed by atoms with van der Waals surface area (Å²) in [6, 6.07) is 10.3. The molecule has 1 heterocycles. The summed E-state index contributed by atoms with van der Waals surface area (Å²) < 4.78 is 37.6. The van der Waals surface area contributed by atoms with E-state index >= 15 is 0 Å². The van der Waals surface area contributed by atoms with Gasteiger partial charge in [-0.05, 0) is 62.1 Å². The molecule has 0 aliphatic rings. The SMILES string of the molecule is CCCCc1nn(C)cc1-c1cc(C(=O)O)ccc1C.Cc1ccc(C(F)(F)F)cc1. The molecule has 166 valence electrons. The highest BCUT2D eigenvalue weighted by molar-refractivity contribution is 5.90. The van der Waals surface area contributed by atoms with Crippen LogP contribution in [0.5, 0.6) is 0 Å². The van der Waals surface area contributed by atoms with Gasteiger partial charge in [0.15, 0.2) is 0 Å². The third-order valence-corrected chi connectivity index (χ3v) is 4.83. The van der Waals surface area contributed by atoms with Gasteiger partial charge in [0.25, 0.3) is 0 Å². The first-order valence-corrected chi connectivity index (χ1v) is 10.0. The lowest BCUT2D eigenvalue weighted by molar-refractivity contribution is -0.137. The third kappa shape index (κ3) is 6.70. The minimum Gasteiger partial charge on any atom is -0.478 e. The van der Waals surface area contributed by atoms with Crippen molar-refractivity contribution >= 4 is 5.97 Å². The molecule has 0 aliphatic heterocycles. The molecule has 1 aromatic heterocycles. The number of nitrogens with zero attached hydrogens (tertiary/aromatic N) is 2. The second-order valence-corrected chi connectivity index (χ2v) is 7.47. The maximum atomic E-state index is 11.9. The highest BCUT2D eigenvalue weighted by Crippen LogP contribution is 2.29. The van der Waals surface area contributed by atoms with Crippen molar-refractivity contribution in [1.29, 1.82) is 0 Å². The fraction of sp³-hybridized carbons (Fsp3) is 0.333. The molecule has 1 N–H and O–H groups in total. The maximum Gasteiger partial charge on any atom is 0.416 e. The Bertz CT molecular complexity index is 1020. The Kier molecular flexibility index (Phi) is 8.02. The van der Waals surface area contributed by atoms with E-state index in [4.69, 9.17) is 5.11 Å². The molecule has 3 rings (SSSR count). The molecule has 0 saturated heterocycles. The smallest absolute Gasteiger partial charge is 0.416 e. The number of benzene rings is 2. The van der Waals surface area contributed by atoms with Gasteiger partial charge in [-0.25, -0.2) is 4.79 Å². The summed E-state index contributed by atoms with van der Waals surface area (Å²) >= 11 is 0. The van der Waals surface area contributed by atoms with Crippen LogP contribution in [-0.4, -0.2) is 20.9 Å². The molecule has 31 heavy (non-hydrogen) atoms. The normalized spacial score (nSPS) is 11.1. The molecule has 0 spiro atoms. The minimum atomic E-state index is -4.21. The first-order valence-electron chi connectivity index (χ1n) is 10.0. The van der Waals surface area contributed by atoms with Crippen LogP contribution in [0.15, 0.2) is 48.7 Å². The fourth-order valence-electron chi connectivity index (χ4n) is 3.08. The first kappa shape index (κ1) is 24.2. The largest absolute Gasteiger partial charge is 0.478 e. The van der Waals surface area contributed by atoms with E-state index in [1.165, 1.54) is 12.1 Å². The minimum absolute atomic E-state index is 0.316. The van der Waals surface area contributed by atoms with Crippen LogP contribution < -0.4 is 0 Å². The summed E-state index contributed by atoms with van der Waals surface area (Å²) in [6.07, 6.45) is 0.877. The highest BCUT2D eigenvalue weighted by Gasteiger charge is 2.29. The van der Waals surface area contributed by atoms with Crippen molar-refractivity contribution in [3.63, 3.8) is 0 Å². The quantitative estimate of drug-likeness (QED) is 0.504. The van der Waals surface area contributed by atoms with Crippen LogP contribution in [0.1, 0.15) is 52.5 Å². The zero-order valence-corrected chi connectivity index (χ0v) is 18.1. The number of carboxylic acids is 1. The molecular weight excluding hydrogens is 405 g/mol. The van der Waals surface area contributed by atoms with Gasteiger partial charge in [-0.15, -0.1) is 0 Å². The average Bonchev–Trinajstić information content (AvgIpc) is 3.07. The third-order valence-electron chi connectivity index (χ3n) is 4.83. The highest BCUT2D eigenvalue weighted by atomic mass is 19.4. The molecule has 0 bridgehead atoms. The van der Waals surface area contributed by atoms with Crippen LogP contribution in [0.4, 0.5) is 13.2 Å². The molecule has 0 fully saturated rings. The Hall–Kier alpha value is -3.09. The molecule has 0 saturated carbocycles. The van der Waals surface area contributed by atoms with E-state index in [-0.39, 0.29) is 0 Å². The summed E-state index contributed by atoms with van der Waals surface area (Å²) in [5.41, 5.74) is 4.67. The topological polar surface area (TPSA) is 55.1 Å². The molecule has 3 aromatic rings. The van der Waals surface area contributed by atoms with Crippen LogP contribution >= 0.6 is 0 Å². The number of alkyl halides is 3. The zero-order valence-electron chi connectivity index (χ0n) is 18.1. The Balaban J connectivity index is 0.000000262. The van der Waals surface area contributed by atoms with Crippen molar-refractivity contribution in [3.8, 4) is 11.1 Å². The molecule has 0 aliphatic carbocycles. The van der Waals surface area contributed by atoms with E-state index < -0.39 is 17.7 Å². The Morgan fingerprint density at radius 1 is 1.06 bits per heavy atom. The van der Waals surface area contributed by atoms with E-state index in [1.807, 2.05) is 26.2 Å². The van der Waals surface area contributed by atoms with Gasteiger partial charge in [-0.1, -0.05) is 37.1 Å². The van der Waals surface area contributed by atoms with Crippen molar-refractivity contribution < 1.29 is 23.1 Å². The predicted molar refractivity (Wildman–Crippen MR) is 115 cm³/mol. The molecule has 7 heteroatoms. The standard InChI is InChI=1S/C16H20N2O2.C8H7F3/c1-4-5-6-15-14(10-18(3)17-15)13-9-12(16(19)20)8-7-11(13)2;1-6-2-4-7(5-3-6)8(9,10)11/h7-10H,4-6H2,1-3H3,(H,19,20);2-5H,1H3. The summed E-state index contributed by atoms with van der Waals surface area (Å²) in [5, 5.41) is 13.7. The van der Waals surface area contributed by atoms with Gasteiger partial charge in [-0.2, -0.15) is 18.3 Å². The summed E-state index contributed by atoms with van der Waals surface area (Å²) in [5.74, 6) is -0.898. The van der Waals surface area contributed by atoms with E-state index in [9.17, 15) is 18.0 Å². The van der Waals surface area contributed by atoms with E-state index in [0.29, 0.717) is 5.56 Å². The van der Waals surface area contributed by atoms with Gasteiger partial charge in [0.1, 0.15) is 0 Å².